The molecule has 2 heterocycles. The molecule has 0 bridgehead atoms. The molecule has 0 fully saturated rings. The molecular formula is C18H15ClFN3OS. The molecule has 0 aliphatic rings. The van der Waals surface area contributed by atoms with E-state index in [1.807, 2.05) is 23.6 Å². The van der Waals surface area contributed by atoms with E-state index in [2.05, 4.69) is 9.97 Å². The largest absolute Gasteiger partial charge is 0.341 e. The number of thiazole rings is 1. The van der Waals surface area contributed by atoms with Gasteiger partial charge < -0.3 is 4.90 Å². The number of aromatic nitrogens is 2. The lowest BCUT2D eigenvalue weighted by molar-refractivity contribution is -0.129. The van der Waals surface area contributed by atoms with Gasteiger partial charge in [-0.3, -0.25) is 9.78 Å². The topological polar surface area (TPSA) is 46.1 Å². The van der Waals surface area contributed by atoms with Gasteiger partial charge in [-0.1, -0.05) is 23.7 Å². The molecule has 0 saturated heterocycles. The Morgan fingerprint density at radius 1 is 1.28 bits per heavy atom. The van der Waals surface area contributed by atoms with Crippen molar-refractivity contribution in [1.82, 2.24) is 14.9 Å². The lowest BCUT2D eigenvalue weighted by Gasteiger charge is -2.18. The number of carbonyl (C=O) groups is 1. The van der Waals surface area contributed by atoms with Crippen molar-refractivity contribution in [3.63, 3.8) is 0 Å². The SMILES string of the molecule is CN(Cc1c(F)cccc1Cl)C(=O)Cc1csc(-c2ccccn2)n1. The predicted octanol–water partition coefficient (Wildman–Crippen LogP) is 4.20. The number of rotatable bonds is 5. The van der Waals surface area contributed by atoms with Crippen LogP contribution < -0.4 is 0 Å². The van der Waals surface area contributed by atoms with Gasteiger partial charge in [-0.05, 0) is 24.3 Å². The van der Waals surface area contributed by atoms with Crippen LogP contribution in [0, 0.1) is 5.82 Å². The molecule has 0 N–H and O–H groups in total. The smallest absolute Gasteiger partial charge is 0.228 e. The number of halogens is 2. The van der Waals surface area contributed by atoms with Crippen LogP contribution in [-0.4, -0.2) is 27.8 Å². The van der Waals surface area contributed by atoms with E-state index in [4.69, 9.17) is 11.6 Å². The Bertz CT molecular complexity index is 865. The maximum atomic E-state index is 13.9. The van der Waals surface area contributed by atoms with Crippen LogP contribution in [0.5, 0.6) is 0 Å². The minimum atomic E-state index is -0.418. The van der Waals surface area contributed by atoms with Crippen LogP contribution in [0.4, 0.5) is 4.39 Å². The fourth-order valence-corrected chi connectivity index (χ4v) is 3.31. The van der Waals surface area contributed by atoms with Gasteiger partial charge in [0, 0.05) is 35.8 Å². The van der Waals surface area contributed by atoms with E-state index in [0.717, 1.165) is 10.7 Å². The van der Waals surface area contributed by atoms with Crippen molar-refractivity contribution in [2.45, 2.75) is 13.0 Å². The van der Waals surface area contributed by atoms with Gasteiger partial charge in [-0.15, -0.1) is 11.3 Å². The molecular weight excluding hydrogens is 361 g/mol. The van der Waals surface area contributed by atoms with Gasteiger partial charge in [0.25, 0.3) is 0 Å². The Morgan fingerprint density at radius 3 is 2.84 bits per heavy atom. The van der Waals surface area contributed by atoms with Crippen LogP contribution in [-0.2, 0) is 17.8 Å². The van der Waals surface area contributed by atoms with E-state index in [9.17, 15) is 9.18 Å². The van der Waals surface area contributed by atoms with E-state index >= 15 is 0 Å². The zero-order valence-electron chi connectivity index (χ0n) is 13.4. The first-order chi connectivity index (χ1) is 12.0. The van der Waals surface area contributed by atoms with Crippen molar-refractivity contribution in [3.8, 4) is 10.7 Å². The van der Waals surface area contributed by atoms with Gasteiger partial charge >= 0.3 is 0 Å². The molecule has 2 aromatic heterocycles. The van der Waals surface area contributed by atoms with Crippen LogP contribution in [0.15, 0.2) is 48.0 Å². The van der Waals surface area contributed by atoms with Crippen LogP contribution in [0.2, 0.25) is 5.02 Å². The third-order valence-electron chi connectivity index (χ3n) is 3.65. The van der Waals surface area contributed by atoms with E-state index in [1.165, 1.54) is 28.4 Å². The molecule has 0 radical (unpaired) electrons. The highest BCUT2D eigenvalue weighted by atomic mass is 35.5. The van der Waals surface area contributed by atoms with Crippen LogP contribution >= 0.6 is 22.9 Å². The van der Waals surface area contributed by atoms with Gasteiger partial charge in [0.1, 0.15) is 10.8 Å². The predicted molar refractivity (Wildman–Crippen MR) is 96.9 cm³/mol. The lowest BCUT2D eigenvalue weighted by atomic mass is 10.2. The van der Waals surface area contributed by atoms with Gasteiger partial charge in [-0.25, -0.2) is 9.37 Å². The van der Waals surface area contributed by atoms with Crippen molar-refractivity contribution < 1.29 is 9.18 Å². The Labute approximate surface area is 153 Å². The Hall–Kier alpha value is -2.31. The molecule has 0 aliphatic carbocycles. The van der Waals surface area contributed by atoms with Crippen molar-refractivity contribution in [1.29, 1.82) is 0 Å². The molecule has 4 nitrogen and oxygen atoms in total. The second kappa shape index (κ2) is 7.72. The maximum Gasteiger partial charge on any atom is 0.228 e. The monoisotopic (exact) mass is 375 g/mol. The number of pyridine rings is 1. The quantitative estimate of drug-likeness (QED) is 0.671. The molecule has 1 aromatic carbocycles. The van der Waals surface area contributed by atoms with Gasteiger partial charge in [-0.2, -0.15) is 0 Å². The number of amides is 1. The van der Waals surface area contributed by atoms with Crippen molar-refractivity contribution in [2.75, 3.05) is 7.05 Å². The summed E-state index contributed by atoms with van der Waals surface area (Å²) in [4.78, 5) is 22.5. The average molecular weight is 376 g/mol. The normalized spacial score (nSPS) is 10.7. The highest BCUT2D eigenvalue weighted by Gasteiger charge is 2.16. The summed E-state index contributed by atoms with van der Waals surface area (Å²) in [6.45, 7) is 0.113. The van der Waals surface area contributed by atoms with Crippen LogP contribution in [0.1, 0.15) is 11.3 Å². The molecule has 0 atom stereocenters. The third kappa shape index (κ3) is 4.21. The molecule has 0 saturated carbocycles. The molecule has 1 amide bonds. The molecule has 3 aromatic rings. The van der Waals surface area contributed by atoms with Gasteiger partial charge in [0.05, 0.1) is 17.8 Å². The maximum absolute atomic E-state index is 13.9. The van der Waals surface area contributed by atoms with E-state index < -0.39 is 5.82 Å². The molecule has 25 heavy (non-hydrogen) atoms. The summed E-state index contributed by atoms with van der Waals surface area (Å²) in [5.41, 5.74) is 1.76. The van der Waals surface area contributed by atoms with E-state index in [1.54, 1.807) is 19.3 Å². The molecule has 3 rings (SSSR count). The second-order valence-electron chi connectivity index (χ2n) is 5.49. The highest BCUT2D eigenvalue weighted by molar-refractivity contribution is 7.13. The summed E-state index contributed by atoms with van der Waals surface area (Å²) in [6.07, 6.45) is 1.85. The first kappa shape index (κ1) is 17.5. The van der Waals surface area contributed by atoms with Crippen molar-refractivity contribution in [3.05, 3.63) is 70.1 Å². The molecule has 128 valence electrons. The summed E-state index contributed by atoms with van der Waals surface area (Å²) < 4.78 is 13.9. The molecule has 0 spiro atoms. The summed E-state index contributed by atoms with van der Waals surface area (Å²) >= 11 is 7.45. The van der Waals surface area contributed by atoms with E-state index in [-0.39, 0.29) is 18.9 Å². The summed E-state index contributed by atoms with van der Waals surface area (Å²) in [5, 5.41) is 2.92. The fourth-order valence-electron chi connectivity index (χ4n) is 2.29. The molecule has 0 aliphatic heterocycles. The number of hydrogen-bond donors (Lipinski definition) is 0. The fraction of sp³-hybridized carbons (Fsp3) is 0.167. The number of nitrogens with zero attached hydrogens (tertiary/aromatic N) is 3. The summed E-state index contributed by atoms with van der Waals surface area (Å²) in [5.74, 6) is -0.574. The molecule has 7 heteroatoms. The number of hydrogen-bond acceptors (Lipinski definition) is 4. The number of benzene rings is 1. The average Bonchev–Trinajstić information content (AvgIpc) is 3.07. The van der Waals surface area contributed by atoms with Crippen LogP contribution in [0.3, 0.4) is 0 Å². The van der Waals surface area contributed by atoms with Crippen LogP contribution in [0.25, 0.3) is 10.7 Å². The summed E-state index contributed by atoms with van der Waals surface area (Å²) in [6, 6.07) is 10.1. The first-order valence-corrected chi connectivity index (χ1v) is 8.83. The van der Waals surface area contributed by atoms with Crippen molar-refractivity contribution in [2.24, 2.45) is 0 Å². The highest BCUT2D eigenvalue weighted by Crippen LogP contribution is 2.23. The second-order valence-corrected chi connectivity index (χ2v) is 6.75. The Morgan fingerprint density at radius 2 is 2.12 bits per heavy atom. The molecule has 0 unspecified atom stereocenters. The Kier molecular flexibility index (Phi) is 5.40. The number of likely N-dealkylation sites (N-methyl/N-ethyl adjacent to an activating group) is 1. The standard InChI is InChI=1S/C18H15ClFN3OS/c1-23(10-13-14(19)5-4-6-15(13)20)17(24)9-12-11-25-18(22-12)16-7-2-3-8-21-16/h2-8,11H,9-10H2,1H3. The lowest BCUT2D eigenvalue weighted by Crippen LogP contribution is -2.28. The zero-order valence-corrected chi connectivity index (χ0v) is 15.0. The van der Waals surface area contributed by atoms with Gasteiger partial charge in [0.2, 0.25) is 5.91 Å². The van der Waals surface area contributed by atoms with Gasteiger partial charge in [0.15, 0.2) is 0 Å². The first-order valence-electron chi connectivity index (χ1n) is 7.57. The minimum Gasteiger partial charge on any atom is -0.341 e. The number of carbonyl (C=O) groups excluding carboxylic acids is 1. The van der Waals surface area contributed by atoms with Crippen molar-refractivity contribution >= 4 is 28.8 Å². The Balaban J connectivity index is 1.67. The summed E-state index contributed by atoms with van der Waals surface area (Å²) in [7, 11) is 1.62. The minimum absolute atomic E-state index is 0.113. The zero-order chi connectivity index (χ0) is 17.8. The van der Waals surface area contributed by atoms with E-state index in [0.29, 0.717) is 16.3 Å². The third-order valence-corrected chi connectivity index (χ3v) is 4.92.